The van der Waals surface area contributed by atoms with Gasteiger partial charge in [0, 0.05) is 16.1 Å². The molecular weight excluding hydrogens is 326 g/mol. The van der Waals surface area contributed by atoms with Crippen LogP contribution in [0.5, 0.6) is 5.75 Å². The lowest BCUT2D eigenvalue weighted by Crippen LogP contribution is -2.39. The van der Waals surface area contributed by atoms with Crippen LogP contribution in [0.3, 0.4) is 0 Å². The minimum absolute atomic E-state index is 0.359. The van der Waals surface area contributed by atoms with E-state index in [0.717, 1.165) is 16.8 Å². The summed E-state index contributed by atoms with van der Waals surface area (Å²) < 4.78 is 6.75. The first-order chi connectivity index (χ1) is 9.99. The lowest BCUT2D eigenvalue weighted by molar-refractivity contribution is 0.0977. The van der Waals surface area contributed by atoms with Gasteiger partial charge in [-0.1, -0.05) is 49.5 Å². The third-order valence-electron chi connectivity index (χ3n) is 4.94. The molecule has 2 unspecified atom stereocenters. The molecule has 0 aromatic heterocycles. The molecule has 0 aliphatic heterocycles. The maximum atomic E-state index is 5.63. The number of ether oxygens (including phenoxy) is 1. The SMILES string of the molecule is CCNC(c1cc(Br)ccc1OC)C1CCCCC1(C)C. The fourth-order valence-corrected chi connectivity index (χ4v) is 4.15. The van der Waals surface area contributed by atoms with Crippen molar-refractivity contribution in [3.8, 4) is 5.75 Å². The molecular formula is C18H28BrNO. The molecule has 2 nitrogen and oxygen atoms in total. The van der Waals surface area contributed by atoms with Gasteiger partial charge in [0.15, 0.2) is 0 Å². The van der Waals surface area contributed by atoms with Crippen LogP contribution in [0.25, 0.3) is 0 Å². The lowest BCUT2D eigenvalue weighted by Gasteiger charge is -2.44. The second-order valence-corrected chi connectivity index (χ2v) is 7.68. The average Bonchev–Trinajstić information content (AvgIpc) is 2.45. The number of hydrogen-bond acceptors (Lipinski definition) is 2. The highest BCUT2D eigenvalue weighted by atomic mass is 79.9. The summed E-state index contributed by atoms with van der Waals surface area (Å²) in [7, 11) is 1.77. The van der Waals surface area contributed by atoms with E-state index in [9.17, 15) is 0 Å². The van der Waals surface area contributed by atoms with Crippen LogP contribution >= 0.6 is 15.9 Å². The zero-order valence-electron chi connectivity index (χ0n) is 13.7. The van der Waals surface area contributed by atoms with Crippen LogP contribution in [0.1, 0.15) is 58.1 Å². The Kier molecular flexibility index (Phi) is 5.73. The zero-order valence-corrected chi connectivity index (χ0v) is 15.3. The number of benzene rings is 1. The number of rotatable bonds is 5. The molecule has 0 saturated heterocycles. The monoisotopic (exact) mass is 353 g/mol. The summed E-state index contributed by atoms with van der Waals surface area (Å²) in [5.74, 6) is 1.64. The molecule has 1 N–H and O–H groups in total. The fourth-order valence-electron chi connectivity index (χ4n) is 3.78. The standard InChI is InChI=1S/C18H28BrNO/c1-5-20-17(15-8-6-7-11-18(15,2)3)14-12-13(19)9-10-16(14)21-4/h9-10,12,15,17,20H,5-8,11H2,1-4H3. The van der Waals surface area contributed by atoms with E-state index in [1.807, 2.05) is 0 Å². The Hall–Kier alpha value is -0.540. The predicted octanol–water partition coefficient (Wildman–Crippen LogP) is 5.32. The highest BCUT2D eigenvalue weighted by Gasteiger charge is 2.38. The summed E-state index contributed by atoms with van der Waals surface area (Å²) in [4.78, 5) is 0. The van der Waals surface area contributed by atoms with Gasteiger partial charge in [0.1, 0.15) is 5.75 Å². The van der Waals surface area contributed by atoms with Crippen molar-refractivity contribution in [2.75, 3.05) is 13.7 Å². The van der Waals surface area contributed by atoms with Crippen molar-refractivity contribution in [3.63, 3.8) is 0 Å². The summed E-state index contributed by atoms with van der Waals surface area (Å²) in [6, 6.07) is 6.70. The molecule has 1 aromatic carbocycles. The van der Waals surface area contributed by atoms with Crippen molar-refractivity contribution in [3.05, 3.63) is 28.2 Å². The van der Waals surface area contributed by atoms with Gasteiger partial charge in [-0.15, -0.1) is 0 Å². The highest BCUT2D eigenvalue weighted by molar-refractivity contribution is 9.10. The van der Waals surface area contributed by atoms with Crippen molar-refractivity contribution < 1.29 is 4.74 Å². The van der Waals surface area contributed by atoms with Gasteiger partial charge in [0.05, 0.1) is 7.11 Å². The molecule has 0 spiro atoms. The maximum Gasteiger partial charge on any atom is 0.123 e. The van der Waals surface area contributed by atoms with Gasteiger partial charge in [0.25, 0.3) is 0 Å². The summed E-state index contributed by atoms with van der Waals surface area (Å²) >= 11 is 3.61. The smallest absolute Gasteiger partial charge is 0.123 e. The normalized spacial score (nSPS) is 22.8. The minimum atomic E-state index is 0.359. The van der Waals surface area contributed by atoms with Crippen molar-refractivity contribution in [2.45, 2.75) is 52.5 Å². The average molecular weight is 354 g/mol. The van der Waals surface area contributed by atoms with Crippen LogP contribution in [-0.2, 0) is 0 Å². The van der Waals surface area contributed by atoms with E-state index >= 15 is 0 Å². The van der Waals surface area contributed by atoms with E-state index in [1.54, 1.807) is 7.11 Å². The van der Waals surface area contributed by atoms with E-state index in [2.05, 4.69) is 60.2 Å². The summed E-state index contributed by atoms with van der Waals surface area (Å²) in [6.45, 7) is 8.01. The van der Waals surface area contributed by atoms with E-state index < -0.39 is 0 Å². The second kappa shape index (κ2) is 7.15. The van der Waals surface area contributed by atoms with Crippen molar-refractivity contribution >= 4 is 15.9 Å². The Morgan fingerprint density at radius 2 is 2.14 bits per heavy atom. The molecule has 2 rings (SSSR count). The first kappa shape index (κ1) is 16.8. The Labute approximate surface area is 137 Å². The van der Waals surface area contributed by atoms with E-state index in [4.69, 9.17) is 4.74 Å². The second-order valence-electron chi connectivity index (χ2n) is 6.76. The summed E-state index contributed by atoms with van der Waals surface area (Å²) in [5, 5.41) is 3.73. The third kappa shape index (κ3) is 3.81. The van der Waals surface area contributed by atoms with Gasteiger partial charge >= 0.3 is 0 Å². The molecule has 3 heteroatoms. The maximum absolute atomic E-state index is 5.63. The Morgan fingerprint density at radius 3 is 2.76 bits per heavy atom. The van der Waals surface area contributed by atoms with Crippen molar-refractivity contribution in [1.82, 2.24) is 5.32 Å². The van der Waals surface area contributed by atoms with E-state index in [1.165, 1.54) is 31.2 Å². The van der Waals surface area contributed by atoms with Crippen LogP contribution < -0.4 is 10.1 Å². The van der Waals surface area contributed by atoms with E-state index in [-0.39, 0.29) is 0 Å². The molecule has 0 amide bonds. The predicted molar refractivity (Wildman–Crippen MR) is 92.9 cm³/mol. The van der Waals surface area contributed by atoms with Crippen LogP contribution in [0, 0.1) is 11.3 Å². The number of methoxy groups -OCH3 is 1. The van der Waals surface area contributed by atoms with Crippen molar-refractivity contribution in [2.24, 2.45) is 11.3 Å². The van der Waals surface area contributed by atoms with Crippen LogP contribution in [0.2, 0.25) is 0 Å². The Balaban J connectivity index is 2.40. The third-order valence-corrected chi connectivity index (χ3v) is 5.44. The summed E-state index contributed by atoms with van der Waals surface area (Å²) in [6.07, 6.45) is 5.31. The topological polar surface area (TPSA) is 21.3 Å². The molecule has 118 valence electrons. The molecule has 0 bridgehead atoms. The minimum Gasteiger partial charge on any atom is -0.496 e. The first-order valence-corrected chi connectivity index (χ1v) is 8.85. The first-order valence-electron chi connectivity index (χ1n) is 8.06. The van der Waals surface area contributed by atoms with Gasteiger partial charge < -0.3 is 10.1 Å². The number of hydrogen-bond donors (Lipinski definition) is 1. The van der Waals surface area contributed by atoms with Crippen LogP contribution in [0.15, 0.2) is 22.7 Å². The molecule has 0 heterocycles. The van der Waals surface area contributed by atoms with Gasteiger partial charge in [0.2, 0.25) is 0 Å². The van der Waals surface area contributed by atoms with Gasteiger partial charge in [-0.05, 0) is 48.9 Å². The molecule has 1 fully saturated rings. The van der Waals surface area contributed by atoms with Gasteiger partial charge in [-0.25, -0.2) is 0 Å². The molecule has 0 radical (unpaired) electrons. The van der Waals surface area contributed by atoms with Crippen LogP contribution in [-0.4, -0.2) is 13.7 Å². The molecule has 1 aliphatic rings. The molecule has 1 aliphatic carbocycles. The molecule has 1 aromatic rings. The molecule has 21 heavy (non-hydrogen) atoms. The number of nitrogens with one attached hydrogen (secondary N) is 1. The quantitative estimate of drug-likeness (QED) is 0.772. The largest absolute Gasteiger partial charge is 0.496 e. The Morgan fingerprint density at radius 1 is 1.38 bits per heavy atom. The van der Waals surface area contributed by atoms with Crippen LogP contribution in [0.4, 0.5) is 0 Å². The van der Waals surface area contributed by atoms with Gasteiger partial charge in [-0.3, -0.25) is 0 Å². The number of halogens is 1. The molecule has 2 atom stereocenters. The van der Waals surface area contributed by atoms with Crippen molar-refractivity contribution in [1.29, 1.82) is 0 Å². The lowest BCUT2D eigenvalue weighted by atomic mass is 9.64. The fraction of sp³-hybridized carbons (Fsp3) is 0.667. The molecule has 1 saturated carbocycles. The zero-order chi connectivity index (χ0) is 15.5. The highest BCUT2D eigenvalue weighted by Crippen LogP contribution is 2.48. The summed E-state index contributed by atoms with van der Waals surface area (Å²) in [5.41, 5.74) is 1.66. The van der Waals surface area contributed by atoms with E-state index in [0.29, 0.717) is 17.4 Å². The van der Waals surface area contributed by atoms with Gasteiger partial charge in [-0.2, -0.15) is 0 Å². The Bertz CT molecular complexity index is 472.